The lowest BCUT2D eigenvalue weighted by Gasteiger charge is -2.09. The number of rotatable bonds is 3. The van der Waals surface area contributed by atoms with Gasteiger partial charge in [-0.2, -0.15) is 0 Å². The van der Waals surface area contributed by atoms with Crippen LogP contribution in [0, 0.1) is 0 Å². The first-order valence-corrected chi connectivity index (χ1v) is 6.61. The SMILES string of the molecule is CCc1cc(=O)[nH]c(Nc2cccc3ccccc23)n1. The molecule has 0 atom stereocenters. The molecule has 0 fully saturated rings. The molecule has 1 heterocycles. The number of aromatic nitrogens is 2. The summed E-state index contributed by atoms with van der Waals surface area (Å²) in [5, 5.41) is 5.44. The van der Waals surface area contributed by atoms with E-state index < -0.39 is 0 Å². The molecule has 2 aromatic carbocycles. The molecule has 0 bridgehead atoms. The lowest BCUT2D eigenvalue weighted by atomic mass is 10.1. The van der Waals surface area contributed by atoms with Crippen LogP contribution >= 0.6 is 0 Å². The monoisotopic (exact) mass is 265 g/mol. The van der Waals surface area contributed by atoms with Crippen molar-refractivity contribution in [3.8, 4) is 0 Å². The standard InChI is InChI=1S/C16H15N3O/c1-2-12-10-15(20)19-16(17-12)18-14-9-5-7-11-6-3-4-8-13(11)14/h3-10H,2H2,1H3,(H2,17,18,19,20). The third-order valence-corrected chi connectivity index (χ3v) is 3.20. The normalized spacial score (nSPS) is 10.7. The molecule has 0 aliphatic rings. The van der Waals surface area contributed by atoms with Crippen LogP contribution in [0.2, 0.25) is 0 Å². The summed E-state index contributed by atoms with van der Waals surface area (Å²) < 4.78 is 0. The number of nitrogens with one attached hydrogen (secondary N) is 2. The van der Waals surface area contributed by atoms with Crippen molar-refractivity contribution < 1.29 is 0 Å². The summed E-state index contributed by atoms with van der Waals surface area (Å²) in [5.41, 5.74) is 1.57. The second-order valence-corrected chi connectivity index (χ2v) is 4.59. The first-order valence-electron chi connectivity index (χ1n) is 6.61. The van der Waals surface area contributed by atoms with Gasteiger partial charge >= 0.3 is 0 Å². The number of hydrogen-bond acceptors (Lipinski definition) is 3. The Kier molecular flexibility index (Phi) is 3.21. The molecule has 4 nitrogen and oxygen atoms in total. The van der Waals surface area contributed by atoms with Crippen molar-refractivity contribution in [2.75, 3.05) is 5.32 Å². The molecular weight excluding hydrogens is 250 g/mol. The molecule has 0 saturated carbocycles. The summed E-state index contributed by atoms with van der Waals surface area (Å²) in [6.07, 6.45) is 0.730. The zero-order valence-electron chi connectivity index (χ0n) is 11.2. The summed E-state index contributed by atoms with van der Waals surface area (Å²) in [6, 6.07) is 15.6. The van der Waals surface area contributed by atoms with E-state index in [0.717, 1.165) is 28.6 Å². The van der Waals surface area contributed by atoms with Crippen LogP contribution in [0.3, 0.4) is 0 Å². The molecule has 0 radical (unpaired) electrons. The second-order valence-electron chi connectivity index (χ2n) is 4.59. The van der Waals surface area contributed by atoms with Gasteiger partial charge in [-0.15, -0.1) is 0 Å². The molecule has 0 aliphatic heterocycles. The third kappa shape index (κ3) is 2.40. The fraction of sp³-hybridized carbons (Fsp3) is 0.125. The van der Waals surface area contributed by atoms with Crippen molar-refractivity contribution in [2.24, 2.45) is 0 Å². The van der Waals surface area contributed by atoms with E-state index in [1.165, 1.54) is 6.07 Å². The van der Waals surface area contributed by atoms with Crippen molar-refractivity contribution in [2.45, 2.75) is 13.3 Å². The van der Waals surface area contributed by atoms with Crippen molar-refractivity contribution in [3.63, 3.8) is 0 Å². The quantitative estimate of drug-likeness (QED) is 0.764. The van der Waals surface area contributed by atoms with Gasteiger partial charge in [0.25, 0.3) is 5.56 Å². The Labute approximate surface area is 116 Å². The predicted octanol–water partition coefficient (Wildman–Crippen LogP) is 3.23. The van der Waals surface area contributed by atoms with Gasteiger partial charge in [-0.1, -0.05) is 43.3 Å². The largest absolute Gasteiger partial charge is 0.325 e. The lowest BCUT2D eigenvalue weighted by Crippen LogP contribution is -2.11. The highest BCUT2D eigenvalue weighted by Crippen LogP contribution is 2.24. The van der Waals surface area contributed by atoms with Crippen LogP contribution in [0.4, 0.5) is 11.6 Å². The van der Waals surface area contributed by atoms with E-state index in [1.54, 1.807) is 0 Å². The summed E-state index contributed by atoms with van der Waals surface area (Å²) in [7, 11) is 0. The summed E-state index contributed by atoms with van der Waals surface area (Å²) in [4.78, 5) is 18.7. The summed E-state index contributed by atoms with van der Waals surface area (Å²) in [5.74, 6) is 0.478. The van der Waals surface area contributed by atoms with Crippen molar-refractivity contribution in [3.05, 3.63) is 64.6 Å². The number of aryl methyl sites for hydroxylation is 1. The first-order chi connectivity index (χ1) is 9.76. The minimum Gasteiger partial charge on any atom is -0.325 e. The van der Waals surface area contributed by atoms with Gasteiger partial charge in [-0.25, -0.2) is 4.98 Å². The number of benzene rings is 2. The van der Waals surface area contributed by atoms with Gasteiger partial charge in [0, 0.05) is 22.8 Å². The van der Waals surface area contributed by atoms with Crippen LogP contribution in [-0.2, 0) is 6.42 Å². The maximum atomic E-state index is 11.6. The number of fused-ring (bicyclic) bond motifs is 1. The molecule has 3 aromatic rings. The average Bonchev–Trinajstić information content (AvgIpc) is 2.47. The highest BCUT2D eigenvalue weighted by molar-refractivity contribution is 5.94. The lowest BCUT2D eigenvalue weighted by molar-refractivity contribution is 0.986. The van der Waals surface area contributed by atoms with E-state index in [2.05, 4.69) is 27.4 Å². The van der Waals surface area contributed by atoms with E-state index in [0.29, 0.717) is 5.95 Å². The van der Waals surface area contributed by atoms with Crippen LogP contribution in [0.1, 0.15) is 12.6 Å². The smallest absolute Gasteiger partial charge is 0.252 e. The molecule has 20 heavy (non-hydrogen) atoms. The number of anilines is 2. The maximum Gasteiger partial charge on any atom is 0.252 e. The van der Waals surface area contributed by atoms with Crippen molar-refractivity contribution in [1.29, 1.82) is 0 Å². The molecule has 0 spiro atoms. The second kappa shape index (κ2) is 5.17. The van der Waals surface area contributed by atoms with Gasteiger partial charge < -0.3 is 5.32 Å². The molecule has 3 rings (SSSR count). The molecule has 4 heteroatoms. The highest BCUT2D eigenvalue weighted by Gasteiger charge is 2.03. The van der Waals surface area contributed by atoms with Gasteiger partial charge in [0.2, 0.25) is 5.95 Å². The topological polar surface area (TPSA) is 57.8 Å². The van der Waals surface area contributed by atoms with E-state index in [1.807, 2.05) is 37.3 Å². The fourth-order valence-corrected chi connectivity index (χ4v) is 2.21. The molecule has 0 unspecified atom stereocenters. The van der Waals surface area contributed by atoms with Crippen LogP contribution in [0.25, 0.3) is 10.8 Å². The Morgan fingerprint density at radius 1 is 1.15 bits per heavy atom. The molecule has 0 aliphatic carbocycles. The Balaban J connectivity index is 2.05. The van der Waals surface area contributed by atoms with E-state index in [4.69, 9.17) is 0 Å². The molecule has 1 aromatic heterocycles. The van der Waals surface area contributed by atoms with Crippen molar-refractivity contribution in [1.82, 2.24) is 9.97 Å². The minimum atomic E-state index is -0.139. The van der Waals surface area contributed by atoms with Gasteiger partial charge in [-0.3, -0.25) is 9.78 Å². The van der Waals surface area contributed by atoms with Crippen LogP contribution in [0.5, 0.6) is 0 Å². The third-order valence-electron chi connectivity index (χ3n) is 3.20. The van der Waals surface area contributed by atoms with E-state index in [-0.39, 0.29) is 5.56 Å². The Morgan fingerprint density at radius 2 is 1.95 bits per heavy atom. The van der Waals surface area contributed by atoms with Crippen LogP contribution in [0.15, 0.2) is 53.3 Å². The zero-order chi connectivity index (χ0) is 13.9. The first kappa shape index (κ1) is 12.4. The minimum absolute atomic E-state index is 0.139. The maximum absolute atomic E-state index is 11.6. The molecule has 2 N–H and O–H groups in total. The number of nitrogens with zero attached hydrogens (tertiary/aromatic N) is 1. The Bertz CT molecular complexity index is 803. The summed E-state index contributed by atoms with van der Waals surface area (Å²) in [6.45, 7) is 1.98. The van der Waals surface area contributed by atoms with Crippen LogP contribution < -0.4 is 10.9 Å². The van der Waals surface area contributed by atoms with Gasteiger partial charge in [0.1, 0.15) is 0 Å². The summed E-state index contributed by atoms with van der Waals surface area (Å²) >= 11 is 0. The number of hydrogen-bond donors (Lipinski definition) is 2. The molecule has 100 valence electrons. The van der Waals surface area contributed by atoms with E-state index in [9.17, 15) is 4.79 Å². The van der Waals surface area contributed by atoms with Gasteiger partial charge in [0.05, 0.1) is 0 Å². The highest BCUT2D eigenvalue weighted by atomic mass is 16.1. The molecular formula is C16H15N3O. The number of H-pyrrole nitrogens is 1. The predicted molar refractivity (Wildman–Crippen MR) is 81.5 cm³/mol. The Morgan fingerprint density at radius 3 is 2.80 bits per heavy atom. The molecule has 0 amide bonds. The fourth-order valence-electron chi connectivity index (χ4n) is 2.21. The zero-order valence-corrected chi connectivity index (χ0v) is 11.2. The van der Waals surface area contributed by atoms with Crippen LogP contribution in [-0.4, -0.2) is 9.97 Å². The Hall–Kier alpha value is -2.62. The van der Waals surface area contributed by atoms with Gasteiger partial charge in [-0.05, 0) is 17.9 Å². The van der Waals surface area contributed by atoms with E-state index >= 15 is 0 Å². The van der Waals surface area contributed by atoms with Gasteiger partial charge in [0.15, 0.2) is 0 Å². The average molecular weight is 265 g/mol. The molecule has 0 saturated heterocycles. The van der Waals surface area contributed by atoms with Crippen molar-refractivity contribution >= 4 is 22.4 Å². The number of aromatic amines is 1.